The van der Waals surface area contributed by atoms with E-state index in [2.05, 4.69) is 0 Å². The molecule has 0 spiro atoms. The molecule has 2 rings (SSSR count). The number of benzene rings is 1. The van der Waals surface area contributed by atoms with Crippen molar-refractivity contribution in [2.24, 2.45) is 11.1 Å². The van der Waals surface area contributed by atoms with E-state index in [9.17, 15) is 4.79 Å². The topological polar surface area (TPSA) is 43.1 Å². The number of hydrogen-bond donors (Lipinski definition) is 1. The third-order valence-electron chi connectivity index (χ3n) is 3.29. The van der Waals surface area contributed by atoms with Gasteiger partial charge >= 0.3 is 0 Å². The van der Waals surface area contributed by atoms with Gasteiger partial charge in [-0.15, -0.1) is 0 Å². The molecule has 3 heteroatoms. The Morgan fingerprint density at radius 1 is 1.33 bits per heavy atom. The summed E-state index contributed by atoms with van der Waals surface area (Å²) >= 11 is 5.80. The molecule has 80 valence electrons. The molecule has 0 heterocycles. The maximum atomic E-state index is 11.4. The van der Waals surface area contributed by atoms with E-state index >= 15 is 0 Å². The van der Waals surface area contributed by atoms with E-state index in [1.165, 1.54) is 0 Å². The molecule has 0 unspecified atom stereocenters. The van der Waals surface area contributed by atoms with Crippen molar-refractivity contribution in [3.63, 3.8) is 0 Å². The molecule has 1 aliphatic rings. The zero-order valence-electron chi connectivity index (χ0n) is 8.50. The van der Waals surface area contributed by atoms with Crippen molar-refractivity contribution in [3.05, 3.63) is 34.9 Å². The minimum atomic E-state index is -0.284. The largest absolute Gasteiger partial charge is 0.369 e. The van der Waals surface area contributed by atoms with Gasteiger partial charge in [0.15, 0.2) is 0 Å². The molecule has 1 saturated carbocycles. The molecule has 1 amide bonds. The maximum absolute atomic E-state index is 11.4. The standard InChI is InChI=1S/C12H14ClNO/c13-10-4-2-9(3-5-10)8-12(11(14)15)6-1-7-12/h2-5H,1,6-8H2,(H2,14,15). The molecule has 0 radical (unpaired) electrons. The second kappa shape index (κ2) is 3.86. The highest BCUT2D eigenvalue weighted by Crippen LogP contribution is 2.43. The minimum Gasteiger partial charge on any atom is -0.369 e. The molecule has 0 saturated heterocycles. The van der Waals surface area contributed by atoms with Gasteiger partial charge in [0.05, 0.1) is 5.41 Å². The first-order valence-electron chi connectivity index (χ1n) is 5.17. The molecule has 0 aromatic heterocycles. The summed E-state index contributed by atoms with van der Waals surface area (Å²) in [5.74, 6) is -0.163. The van der Waals surface area contributed by atoms with E-state index in [0.29, 0.717) is 0 Å². The molecule has 15 heavy (non-hydrogen) atoms. The van der Waals surface area contributed by atoms with Crippen LogP contribution < -0.4 is 5.73 Å². The zero-order valence-corrected chi connectivity index (χ0v) is 9.26. The van der Waals surface area contributed by atoms with E-state index in [0.717, 1.165) is 36.3 Å². The number of primary amides is 1. The van der Waals surface area contributed by atoms with Crippen LogP contribution in [0.1, 0.15) is 24.8 Å². The molecule has 2 nitrogen and oxygen atoms in total. The summed E-state index contributed by atoms with van der Waals surface area (Å²) in [6.45, 7) is 0. The summed E-state index contributed by atoms with van der Waals surface area (Å²) in [7, 11) is 0. The third kappa shape index (κ3) is 2.00. The van der Waals surface area contributed by atoms with Crippen molar-refractivity contribution in [1.82, 2.24) is 0 Å². The van der Waals surface area contributed by atoms with Crippen LogP contribution >= 0.6 is 11.6 Å². The lowest BCUT2D eigenvalue weighted by atomic mass is 9.65. The first kappa shape index (κ1) is 10.5. The number of nitrogens with two attached hydrogens (primary N) is 1. The summed E-state index contributed by atoms with van der Waals surface area (Å²) in [4.78, 5) is 11.4. The Kier molecular flexibility index (Phi) is 2.70. The first-order valence-corrected chi connectivity index (χ1v) is 5.55. The van der Waals surface area contributed by atoms with Gasteiger partial charge in [-0.05, 0) is 37.0 Å². The van der Waals surface area contributed by atoms with Crippen LogP contribution in [0.4, 0.5) is 0 Å². The van der Waals surface area contributed by atoms with Crippen LogP contribution in [0.25, 0.3) is 0 Å². The summed E-state index contributed by atoms with van der Waals surface area (Å²) in [5, 5.41) is 0.723. The van der Waals surface area contributed by atoms with Crippen LogP contribution in [0.5, 0.6) is 0 Å². The van der Waals surface area contributed by atoms with Crippen LogP contribution in [0.15, 0.2) is 24.3 Å². The van der Waals surface area contributed by atoms with E-state index in [1.54, 1.807) is 0 Å². The average Bonchev–Trinajstić information content (AvgIpc) is 2.13. The molecule has 1 aliphatic carbocycles. The van der Waals surface area contributed by atoms with Crippen molar-refractivity contribution < 1.29 is 4.79 Å². The summed E-state index contributed by atoms with van der Waals surface area (Å²) < 4.78 is 0. The SMILES string of the molecule is NC(=O)C1(Cc2ccc(Cl)cc2)CCC1. The quantitative estimate of drug-likeness (QED) is 0.841. The number of carbonyl (C=O) groups is 1. The van der Waals surface area contributed by atoms with Crippen molar-refractivity contribution in [1.29, 1.82) is 0 Å². The number of amides is 1. The Hall–Kier alpha value is -1.02. The Morgan fingerprint density at radius 3 is 2.33 bits per heavy atom. The fourth-order valence-corrected chi connectivity index (χ4v) is 2.23. The number of halogens is 1. The Labute approximate surface area is 94.4 Å². The molecule has 0 atom stereocenters. The van der Waals surface area contributed by atoms with Crippen molar-refractivity contribution in [2.45, 2.75) is 25.7 Å². The monoisotopic (exact) mass is 223 g/mol. The highest BCUT2D eigenvalue weighted by atomic mass is 35.5. The van der Waals surface area contributed by atoms with Gasteiger partial charge in [0.2, 0.25) is 5.91 Å². The van der Waals surface area contributed by atoms with E-state index in [4.69, 9.17) is 17.3 Å². The van der Waals surface area contributed by atoms with Gasteiger partial charge in [0, 0.05) is 5.02 Å². The molecule has 2 N–H and O–H groups in total. The van der Waals surface area contributed by atoms with Gasteiger partial charge in [-0.2, -0.15) is 0 Å². The normalized spacial score (nSPS) is 18.2. The molecule has 1 aromatic carbocycles. The van der Waals surface area contributed by atoms with Gasteiger partial charge in [-0.25, -0.2) is 0 Å². The van der Waals surface area contributed by atoms with Crippen molar-refractivity contribution in [3.8, 4) is 0 Å². The highest BCUT2D eigenvalue weighted by molar-refractivity contribution is 6.30. The lowest BCUT2D eigenvalue weighted by molar-refractivity contribution is -0.132. The molecule has 0 bridgehead atoms. The number of hydrogen-bond acceptors (Lipinski definition) is 1. The Bertz CT molecular complexity index is 368. The van der Waals surface area contributed by atoms with Gasteiger partial charge in [0.25, 0.3) is 0 Å². The maximum Gasteiger partial charge on any atom is 0.223 e. The molecule has 0 aliphatic heterocycles. The molecular weight excluding hydrogens is 210 g/mol. The summed E-state index contributed by atoms with van der Waals surface area (Å²) in [5.41, 5.74) is 6.30. The van der Waals surface area contributed by atoms with Gasteiger partial charge in [-0.3, -0.25) is 4.79 Å². The second-order valence-electron chi connectivity index (χ2n) is 4.30. The van der Waals surface area contributed by atoms with E-state index < -0.39 is 0 Å². The predicted octanol–water partition coefficient (Wildman–Crippen LogP) is 2.54. The average molecular weight is 224 g/mol. The molecular formula is C12H14ClNO. The van der Waals surface area contributed by atoms with Gasteiger partial charge in [0.1, 0.15) is 0 Å². The van der Waals surface area contributed by atoms with Crippen molar-refractivity contribution >= 4 is 17.5 Å². The van der Waals surface area contributed by atoms with Crippen LogP contribution in [-0.2, 0) is 11.2 Å². The van der Waals surface area contributed by atoms with Crippen LogP contribution in [-0.4, -0.2) is 5.91 Å². The molecule has 1 fully saturated rings. The lowest BCUT2D eigenvalue weighted by Gasteiger charge is -2.39. The first-order chi connectivity index (χ1) is 7.12. The van der Waals surface area contributed by atoms with Gasteiger partial charge in [-0.1, -0.05) is 30.2 Å². The van der Waals surface area contributed by atoms with Crippen LogP contribution in [0.2, 0.25) is 5.02 Å². The zero-order chi connectivity index (χ0) is 10.9. The second-order valence-corrected chi connectivity index (χ2v) is 4.74. The smallest absolute Gasteiger partial charge is 0.223 e. The fourth-order valence-electron chi connectivity index (χ4n) is 2.11. The third-order valence-corrected chi connectivity index (χ3v) is 3.54. The number of rotatable bonds is 3. The Balaban J connectivity index is 2.13. The molecule has 1 aromatic rings. The summed E-state index contributed by atoms with van der Waals surface area (Å²) in [6, 6.07) is 7.63. The predicted molar refractivity (Wildman–Crippen MR) is 60.6 cm³/mol. The van der Waals surface area contributed by atoms with E-state index in [-0.39, 0.29) is 11.3 Å². The fraction of sp³-hybridized carbons (Fsp3) is 0.417. The van der Waals surface area contributed by atoms with Crippen molar-refractivity contribution in [2.75, 3.05) is 0 Å². The van der Waals surface area contributed by atoms with Crippen LogP contribution in [0, 0.1) is 5.41 Å². The number of carbonyl (C=O) groups excluding carboxylic acids is 1. The van der Waals surface area contributed by atoms with Crippen LogP contribution in [0.3, 0.4) is 0 Å². The van der Waals surface area contributed by atoms with Gasteiger partial charge < -0.3 is 5.73 Å². The lowest BCUT2D eigenvalue weighted by Crippen LogP contribution is -2.44. The summed E-state index contributed by atoms with van der Waals surface area (Å²) in [6.07, 6.45) is 3.70. The highest BCUT2D eigenvalue weighted by Gasteiger charge is 2.42. The minimum absolute atomic E-state index is 0.163. The Morgan fingerprint density at radius 2 is 1.93 bits per heavy atom. The van der Waals surface area contributed by atoms with E-state index in [1.807, 2.05) is 24.3 Å².